The zero-order valence-corrected chi connectivity index (χ0v) is 18.0. The standard InChI is InChI=1S/C21H23F3N4O3S/c22-21(23,24)16-5-8-19(25-14-16)27-9-2-10-28(12-11-27)20(29)15-3-1-4-18(13-15)32(30,31)26-17-6-7-17/h1,3-5,8,13-14,17,26H,2,6-7,9-12H2. The fourth-order valence-corrected chi connectivity index (χ4v) is 4.91. The van der Waals surface area contributed by atoms with Crippen LogP contribution in [0.25, 0.3) is 0 Å². The van der Waals surface area contributed by atoms with Gasteiger partial charge >= 0.3 is 6.18 Å². The summed E-state index contributed by atoms with van der Waals surface area (Å²) in [4.78, 5) is 20.5. The number of anilines is 1. The van der Waals surface area contributed by atoms with Crippen LogP contribution in [0.3, 0.4) is 0 Å². The number of carbonyl (C=O) groups excluding carboxylic acids is 1. The van der Waals surface area contributed by atoms with Gasteiger partial charge in [-0.1, -0.05) is 6.07 Å². The number of sulfonamides is 1. The molecule has 2 fully saturated rings. The topological polar surface area (TPSA) is 82.6 Å². The van der Waals surface area contributed by atoms with Crippen LogP contribution in [0.1, 0.15) is 35.2 Å². The molecule has 1 aliphatic carbocycles. The second-order valence-electron chi connectivity index (χ2n) is 7.96. The molecule has 2 heterocycles. The van der Waals surface area contributed by atoms with Gasteiger partial charge in [-0.25, -0.2) is 18.1 Å². The number of nitrogens with one attached hydrogen (secondary N) is 1. The van der Waals surface area contributed by atoms with Crippen molar-refractivity contribution in [3.05, 3.63) is 53.7 Å². The summed E-state index contributed by atoms with van der Waals surface area (Å²) < 4.78 is 65.8. The number of nitrogens with zero attached hydrogens (tertiary/aromatic N) is 3. The quantitative estimate of drug-likeness (QED) is 0.730. The average molecular weight is 469 g/mol. The van der Waals surface area contributed by atoms with Crippen molar-refractivity contribution in [2.24, 2.45) is 0 Å². The molecular weight excluding hydrogens is 445 g/mol. The fraction of sp³-hybridized carbons (Fsp3) is 0.429. The Labute approximate surface area is 184 Å². The third-order valence-corrected chi connectivity index (χ3v) is 6.99. The fourth-order valence-electron chi connectivity index (χ4n) is 3.56. The van der Waals surface area contributed by atoms with Crippen LogP contribution in [0.15, 0.2) is 47.5 Å². The third-order valence-electron chi connectivity index (χ3n) is 5.47. The Balaban J connectivity index is 1.43. The molecule has 0 atom stereocenters. The number of hydrogen-bond donors (Lipinski definition) is 1. The number of carbonyl (C=O) groups is 1. The summed E-state index contributed by atoms with van der Waals surface area (Å²) in [7, 11) is -3.67. The van der Waals surface area contributed by atoms with E-state index in [1.54, 1.807) is 17.0 Å². The number of benzene rings is 1. The van der Waals surface area contributed by atoms with Gasteiger partial charge in [-0.05, 0) is 49.6 Å². The van der Waals surface area contributed by atoms with Crippen LogP contribution in [-0.2, 0) is 16.2 Å². The first-order valence-corrected chi connectivity index (χ1v) is 11.8. The molecule has 1 N–H and O–H groups in total. The van der Waals surface area contributed by atoms with Crippen molar-refractivity contribution in [2.45, 2.75) is 36.4 Å². The summed E-state index contributed by atoms with van der Waals surface area (Å²) >= 11 is 0. The van der Waals surface area contributed by atoms with Crippen LogP contribution in [-0.4, -0.2) is 56.4 Å². The van der Waals surface area contributed by atoms with Gasteiger partial charge in [-0.3, -0.25) is 4.79 Å². The predicted octanol–water partition coefficient (Wildman–Crippen LogP) is 2.89. The normalized spacial score (nSPS) is 17.8. The highest BCUT2D eigenvalue weighted by Crippen LogP contribution is 2.29. The lowest BCUT2D eigenvalue weighted by Gasteiger charge is -2.23. The molecule has 2 aromatic rings. The number of halogens is 3. The van der Waals surface area contributed by atoms with Gasteiger partial charge in [0, 0.05) is 44.0 Å². The molecule has 1 aliphatic heterocycles. The van der Waals surface area contributed by atoms with Crippen molar-refractivity contribution in [1.82, 2.24) is 14.6 Å². The van der Waals surface area contributed by atoms with Crippen molar-refractivity contribution in [3.8, 4) is 0 Å². The molecule has 0 bridgehead atoms. The van der Waals surface area contributed by atoms with Crippen LogP contribution >= 0.6 is 0 Å². The molecule has 1 aromatic heterocycles. The summed E-state index contributed by atoms with van der Waals surface area (Å²) in [5, 5.41) is 0. The van der Waals surface area contributed by atoms with Crippen molar-refractivity contribution in [2.75, 3.05) is 31.1 Å². The minimum absolute atomic E-state index is 0.0326. The van der Waals surface area contributed by atoms with E-state index in [4.69, 9.17) is 0 Å². The van der Waals surface area contributed by atoms with Crippen LogP contribution < -0.4 is 9.62 Å². The lowest BCUT2D eigenvalue weighted by Crippen LogP contribution is -2.35. The zero-order chi connectivity index (χ0) is 22.9. The maximum Gasteiger partial charge on any atom is 0.417 e. The highest BCUT2D eigenvalue weighted by molar-refractivity contribution is 7.89. The summed E-state index contributed by atoms with van der Waals surface area (Å²) in [5.74, 6) is 0.141. The van der Waals surface area contributed by atoms with Crippen molar-refractivity contribution in [3.63, 3.8) is 0 Å². The Morgan fingerprint density at radius 3 is 2.50 bits per heavy atom. The van der Waals surface area contributed by atoms with Crippen LogP contribution in [0.2, 0.25) is 0 Å². The molecule has 0 spiro atoms. The van der Waals surface area contributed by atoms with Crippen molar-refractivity contribution in [1.29, 1.82) is 0 Å². The van der Waals surface area contributed by atoms with Crippen LogP contribution in [0.4, 0.5) is 19.0 Å². The summed E-state index contributed by atoms with van der Waals surface area (Å²) in [5.41, 5.74) is -0.524. The van der Waals surface area contributed by atoms with Gasteiger partial charge in [0.1, 0.15) is 5.82 Å². The number of pyridine rings is 1. The largest absolute Gasteiger partial charge is 0.417 e. The van der Waals surface area contributed by atoms with Gasteiger partial charge in [0.25, 0.3) is 5.91 Å². The first kappa shape index (κ1) is 22.5. The first-order valence-electron chi connectivity index (χ1n) is 10.3. The molecule has 7 nitrogen and oxygen atoms in total. The van der Waals surface area contributed by atoms with E-state index < -0.39 is 21.8 Å². The van der Waals surface area contributed by atoms with Gasteiger partial charge in [-0.15, -0.1) is 0 Å². The zero-order valence-electron chi connectivity index (χ0n) is 17.2. The Hall–Kier alpha value is -2.66. The molecule has 0 radical (unpaired) electrons. The smallest absolute Gasteiger partial charge is 0.355 e. The molecule has 0 unspecified atom stereocenters. The number of alkyl halides is 3. The van der Waals surface area contributed by atoms with Gasteiger partial charge in [0.15, 0.2) is 0 Å². The summed E-state index contributed by atoms with van der Waals surface area (Å²) in [6.45, 7) is 1.75. The third kappa shape index (κ3) is 5.21. The highest BCUT2D eigenvalue weighted by Gasteiger charge is 2.31. The van der Waals surface area contributed by atoms with Crippen LogP contribution in [0, 0.1) is 0 Å². The van der Waals surface area contributed by atoms with Gasteiger partial charge in [-0.2, -0.15) is 13.2 Å². The van der Waals surface area contributed by atoms with E-state index in [2.05, 4.69) is 9.71 Å². The molecular formula is C21H23F3N4O3S. The lowest BCUT2D eigenvalue weighted by atomic mass is 10.2. The molecule has 1 saturated carbocycles. The van der Waals surface area contributed by atoms with E-state index in [0.29, 0.717) is 38.4 Å². The molecule has 1 saturated heterocycles. The molecule has 1 aromatic carbocycles. The van der Waals surface area contributed by atoms with Gasteiger partial charge in [0.2, 0.25) is 10.0 Å². The van der Waals surface area contributed by atoms with Crippen LogP contribution in [0.5, 0.6) is 0 Å². The number of rotatable bonds is 5. The number of hydrogen-bond acceptors (Lipinski definition) is 5. The maximum atomic E-state index is 13.0. The van der Waals surface area contributed by atoms with E-state index >= 15 is 0 Å². The van der Waals surface area contributed by atoms with Crippen molar-refractivity contribution >= 4 is 21.7 Å². The molecule has 1 amide bonds. The van der Waals surface area contributed by atoms with E-state index in [1.807, 2.05) is 4.90 Å². The second-order valence-corrected chi connectivity index (χ2v) is 9.67. The summed E-state index contributed by atoms with van der Waals surface area (Å²) in [6, 6.07) is 8.27. The minimum atomic E-state index is -4.44. The monoisotopic (exact) mass is 468 g/mol. The maximum absolute atomic E-state index is 13.0. The average Bonchev–Trinajstić information content (AvgIpc) is 3.59. The Kier molecular flexibility index (Phi) is 6.13. The summed E-state index contributed by atoms with van der Waals surface area (Å²) in [6.07, 6.45) is -1.39. The molecule has 172 valence electrons. The Morgan fingerprint density at radius 2 is 1.84 bits per heavy atom. The highest BCUT2D eigenvalue weighted by atomic mass is 32.2. The predicted molar refractivity (Wildman–Crippen MR) is 112 cm³/mol. The molecule has 2 aliphatic rings. The second kappa shape index (κ2) is 8.70. The lowest BCUT2D eigenvalue weighted by molar-refractivity contribution is -0.137. The number of amides is 1. The first-order chi connectivity index (χ1) is 15.1. The molecule has 11 heteroatoms. The Morgan fingerprint density at radius 1 is 1.06 bits per heavy atom. The molecule has 32 heavy (non-hydrogen) atoms. The van der Waals surface area contributed by atoms with E-state index in [9.17, 15) is 26.4 Å². The van der Waals surface area contributed by atoms with Gasteiger partial charge in [0.05, 0.1) is 10.5 Å². The SMILES string of the molecule is O=C(c1cccc(S(=O)(=O)NC2CC2)c1)N1CCCN(c2ccc(C(F)(F)F)cn2)CC1. The molecule has 4 rings (SSSR count). The van der Waals surface area contributed by atoms with Crippen molar-refractivity contribution < 1.29 is 26.4 Å². The van der Waals surface area contributed by atoms with E-state index in [1.165, 1.54) is 18.2 Å². The number of aromatic nitrogens is 1. The van der Waals surface area contributed by atoms with E-state index in [0.717, 1.165) is 25.1 Å². The minimum Gasteiger partial charge on any atom is -0.355 e. The van der Waals surface area contributed by atoms with E-state index in [-0.39, 0.29) is 22.4 Å². The Bertz CT molecular complexity index is 1090. The van der Waals surface area contributed by atoms with Gasteiger partial charge < -0.3 is 9.80 Å².